The summed E-state index contributed by atoms with van der Waals surface area (Å²) in [4.78, 5) is 9.07. The number of rotatable bonds is 9. The van der Waals surface area contributed by atoms with Gasteiger partial charge in [-0.3, -0.25) is 0 Å². The molecule has 1 aliphatic rings. The molecule has 1 N–H and O–H groups in total. The summed E-state index contributed by atoms with van der Waals surface area (Å²) >= 11 is 0. The summed E-state index contributed by atoms with van der Waals surface area (Å²) in [6.45, 7) is 6.45. The van der Waals surface area contributed by atoms with E-state index in [0.717, 1.165) is 24.6 Å². The number of hydrogen-bond acceptors (Lipinski definition) is 5. The molecule has 1 fully saturated rings. The lowest BCUT2D eigenvalue weighted by molar-refractivity contribution is 0.143. The molecule has 0 aromatic carbocycles. The normalized spacial score (nSPS) is 14.6. The van der Waals surface area contributed by atoms with E-state index in [1.807, 2.05) is 6.07 Å². The van der Waals surface area contributed by atoms with Crippen LogP contribution in [0.3, 0.4) is 0 Å². The van der Waals surface area contributed by atoms with E-state index < -0.39 is 0 Å². The van der Waals surface area contributed by atoms with Crippen LogP contribution in [-0.4, -0.2) is 36.8 Å². The Morgan fingerprint density at radius 1 is 1.30 bits per heavy atom. The molecule has 0 atom stereocenters. The number of nitrogens with one attached hydrogen (secondary N) is 1. The molecule has 1 heterocycles. The van der Waals surface area contributed by atoms with Gasteiger partial charge < -0.3 is 14.8 Å². The fourth-order valence-corrected chi connectivity index (χ4v) is 1.85. The number of hydrogen-bond donors (Lipinski definition) is 1. The van der Waals surface area contributed by atoms with Crippen molar-refractivity contribution in [1.29, 1.82) is 0 Å². The summed E-state index contributed by atoms with van der Waals surface area (Å²) in [5.74, 6) is 3.63. The smallest absolute Gasteiger partial charge is 0.218 e. The second-order valence-electron chi connectivity index (χ2n) is 5.67. The van der Waals surface area contributed by atoms with Gasteiger partial charge in [-0.1, -0.05) is 13.8 Å². The standard InChI is InChI=1S/C15H25N3O2/c1-11(2)6-7-16-13-10-14(20-9-8-19-3)18-15(17-13)12-4-5-12/h10-12H,4-9H2,1-3H3,(H,16,17,18). The minimum atomic E-state index is 0.517. The first-order valence-electron chi connectivity index (χ1n) is 7.43. The molecular formula is C15H25N3O2. The van der Waals surface area contributed by atoms with E-state index in [0.29, 0.717) is 30.9 Å². The molecule has 0 bridgehead atoms. The maximum atomic E-state index is 5.62. The van der Waals surface area contributed by atoms with Crippen molar-refractivity contribution in [3.05, 3.63) is 11.9 Å². The molecule has 1 saturated carbocycles. The Kier molecular flexibility index (Phi) is 5.59. The zero-order valence-electron chi connectivity index (χ0n) is 12.7. The highest BCUT2D eigenvalue weighted by Crippen LogP contribution is 2.39. The number of methoxy groups -OCH3 is 1. The van der Waals surface area contributed by atoms with E-state index in [-0.39, 0.29) is 0 Å². The predicted octanol–water partition coefficient (Wildman–Crippen LogP) is 2.84. The highest BCUT2D eigenvalue weighted by atomic mass is 16.5. The third-order valence-corrected chi connectivity index (χ3v) is 3.23. The van der Waals surface area contributed by atoms with Gasteiger partial charge in [0.05, 0.1) is 6.61 Å². The summed E-state index contributed by atoms with van der Waals surface area (Å²) in [5, 5.41) is 3.37. The fourth-order valence-electron chi connectivity index (χ4n) is 1.85. The van der Waals surface area contributed by atoms with Gasteiger partial charge in [-0.05, 0) is 25.2 Å². The largest absolute Gasteiger partial charge is 0.475 e. The molecule has 1 aromatic heterocycles. The third kappa shape index (κ3) is 4.96. The lowest BCUT2D eigenvalue weighted by Gasteiger charge is -2.11. The molecule has 112 valence electrons. The maximum absolute atomic E-state index is 5.62. The zero-order chi connectivity index (χ0) is 14.4. The first kappa shape index (κ1) is 15.0. The van der Waals surface area contributed by atoms with Crippen molar-refractivity contribution in [2.45, 2.75) is 39.0 Å². The molecule has 0 amide bonds. The zero-order valence-corrected chi connectivity index (χ0v) is 12.7. The monoisotopic (exact) mass is 279 g/mol. The molecule has 5 nitrogen and oxygen atoms in total. The lowest BCUT2D eigenvalue weighted by Crippen LogP contribution is -2.10. The SMILES string of the molecule is COCCOc1cc(NCCC(C)C)nc(C2CC2)n1. The average Bonchev–Trinajstić information content (AvgIpc) is 3.23. The highest BCUT2D eigenvalue weighted by Gasteiger charge is 2.27. The van der Waals surface area contributed by atoms with Gasteiger partial charge in [-0.2, -0.15) is 4.98 Å². The van der Waals surface area contributed by atoms with Gasteiger partial charge in [0.1, 0.15) is 18.2 Å². The second-order valence-corrected chi connectivity index (χ2v) is 5.67. The van der Waals surface area contributed by atoms with Crippen molar-refractivity contribution in [3.63, 3.8) is 0 Å². The molecule has 0 unspecified atom stereocenters. The molecule has 0 radical (unpaired) electrons. The van der Waals surface area contributed by atoms with Crippen LogP contribution in [0.5, 0.6) is 5.88 Å². The molecule has 0 saturated heterocycles. The topological polar surface area (TPSA) is 56.3 Å². The van der Waals surface area contributed by atoms with Gasteiger partial charge in [0.15, 0.2) is 0 Å². The molecule has 2 rings (SSSR count). The molecule has 0 spiro atoms. The Morgan fingerprint density at radius 3 is 2.75 bits per heavy atom. The molecule has 1 aromatic rings. The Hall–Kier alpha value is -1.36. The number of aromatic nitrogens is 2. The molecule has 5 heteroatoms. The van der Waals surface area contributed by atoms with E-state index in [4.69, 9.17) is 9.47 Å². The quantitative estimate of drug-likeness (QED) is 0.704. The summed E-state index contributed by atoms with van der Waals surface area (Å²) < 4.78 is 10.6. The van der Waals surface area contributed by atoms with E-state index in [9.17, 15) is 0 Å². The summed E-state index contributed by atoms with van der Waals surface area (Å²) in [6.07, 6.45) is 3.50. The van der Waals surface area contributed by atoms with Crippen molar-refractivity contribution in [3.8, 4) is 5.88 Å². The van der Waals surface area contributed by atoms with Gasteiger partial charge in [-0.25, -0.2) is 4.98 Å². The first-order valence-corrected chi connectivity index (χ1v) is 7.43. The van der Waals surface area contributed by atoms with Crippen molar-refractivity contribution in [2.24, 2.45) is 5.92 Å². The Labute approximate surface area is 121 Å². The third-order valence-electron chi connectivity index (χ3n) is 3.23. The summed E-state index contributed by atoms with van der Waals surface area (Å²) in [6, 6.07) is 1.88. The van der Waals surface area contributed by atoms with E-state index >= 15 is 0 Å². The minimum Gasteiger partial charge on any atom is -0.475 e. The average molecular weight is 279 g/mol. The van der Waals surface area contributed by atoms with Crippen LogP contribution in [0, 0.1) is 5.92 Å². The molecule has 1 aliphatic carbocycles. The van der Waals surface area contributed by atoms with E-state index in [1.54, 1.807) is 7.11 Å². The van der Waals surface area contributed by atoms with Crippen LogP contribution in [0.1, 0.15) is 44.9 Å². The first-order chi connectivity index (χ1) is 9.69. The summed E-state index contributed by atoms with van der Waals surface area (Å²) in [5.41, 5.74) is 0. The van der Waals surface area contributed by atoms with Crippen LogP contribution in [0.15, 0.2) is 6.07 Å². The van der Waals surface area contributed by atoms with Crippen LogP contribution in [0.25, 0.3) is 0 Å². The van der Waals surface area contributed by atoms with Gasteiger partial charge in [0.25, 0.3) is 0 Å². The van der Waals surface area contributed by atoms with Crippen LogP contribution < -0.4 is 10.1 Å². The fraction of sp³-hybridized carbons (Fsp3) is 0.733. The van der Waals surface area contributed by atoms with Crippen molar-refractivity contribution in [1.82, 2.24) is 9.97 Å². The molecular weight excluding hydrogens is 254 g/mol. The van der Waals surface area contributed by atoms with Crippen LogP contribution >= 0.6 is 0 Å². The summed E-state index contributed by atoms with van der Waals surface area (Å²) in [7, 11) is 1.66. The van der Waals surface area contributed by atoms with Gasteiger partial charge in [-0.15, -0.1) is 0 Å². The predicted molar refractivity (Wildman–Crippen MR) is 79.3 cm³/mol. The minimum absolute atomic E-state index is 0.517. The number of nitrogens with zero attached hydrogens (tertiary/aromatic N) is 2. The lowest BCUT2D eigenvalue weighted by atomic mass is 10.1. The number of anilines is 1. The second kappa shape index (κ2) is 7.43. The van der Waals surface area contributed by atoms with Crippen LogP contribution in [-0.2, 0) is 4.74 Å². The molecule has 20 heavy (non-hydrogen) atoms. The van der Waals surface area contributed by atoms with Crippen LogP contribution in [0.4, 0.5) is 5.82 Å². The Morgan fingerprint density at radius 2 is 2.10 bits per heavy atom. The van der Waals surface area contributed by atoms with Gasteiger partial charge in [0.2, 0.25) is 5.88 Å². The van der Waals surface area contributed by atoms with Crippen molar-refractivity contribution in [2.75, 3.05) is 32.2 Å². The Bertz CT molecular complexity index is 420. The molecule has 0 aliphatic heterocycles. The number of ether oxygens (including phenoxy) is 2. The Balaban J connectivity index is 1.97. The van der Waals surface area contributed by atoms with Crippen molar-refractivity contribution < 1.29 is 9.47 Å². The van der Waals surface area contributed by atoms with E-state index in [1.165, 1.54) is 12.8 Å². The highest BCUT2D eigenvalue weighted by molar-refractivity contribution is 5.39. The van der Waals surface area contributed by atoms with Gasteiger partial charge in [0, 0.05) is 25.6 Å². The van der Waals surface area contributed by atoms with Crippen molar-refractivity contribution >= 4 is 5.82 Å². The van der Waals surface area contributed by atoms with E-state index in [2.05, 4.69) is 29.1 Å². The van der Waals surface area contributed by atoms with Gasteiger partial charge >= 0.3 is 0 Å². The maximum Gasteiger partial charge on any atom is 0.218 e. The van der Waals surface area contributed by atoms with Crippen LogP contribution in [0.2, 0.25) is 0 Å².